The number of carbonyl (C=O) groups excluding carboxylic acids is 1. The van der Waals surface area contributed by atoms with Crippen molar-refractivity contribution >= 4 is 35.8 Å². The molecule has 0 aromatic heterocycles. The third-order valence-corrected chi connectivity index (χ3v) is 5.87. The first-order valence-corrected chi connectivity index (χ1v) is 10.3. The van der Waals surface area contributed by atoms with E-state index in [2.05, 4.69) is 4.90 Å². The average Bonchev–Trinajstić information content (AvgIpc) is 2.73. The van der Waals surface area contributed by atoms with Crippen LogP contribution < -0.4 is 5.73 Å². The van der Waals surface area contributed by atoms with E-state index >= 15 is 0 Å². The first-order valence-electron chi connectivity index (χ1n) is 9.50. The number of ether oxygens (including phenoxy) is 1. The molecular formula is C21H28ClN3O3S. The van der Waals surface area contributed by atoms with E-state index < -0.39 is 0 Å². The molecule has 6 nitrogen and oxygen atoms in total. The molecule has 1 aliphatic rings. The summed E-state index contributed by atoms with van der Waals surface area (Å²) in [6.07, 6.45) is 0. The number of anilines is 1. The molecule has 1 aliphatic heterocycles. The topological polar surface area (TPSA) is 79.0 Å². The summed E-state index contributed by atoms with van der Waals surface area (Å²) in [6, 6.07) is 15.4. The van der Waals surface area contributed by atoms with E-state index in [0.29, 0.717) is 32.0 Å². The quantitative estimate of drug-likeness (QED) is 0.488. The fraction of sp³-hybridized carbons (Fsp3) is 0.381. The highest BCUT2D eigenvalue weighted by Crippen LogP contribution is 2.34. The van der Waals surface area contributed by atoms with Crippen molar-refractivity contribution < 1.29 is 14.6 Å². The zero-order valence-corrected chi connectivity index (χ0v) is 18.0. The Balaban J connectivity index is 0.00000300. The van der Waals surface area contributed by atoms with Crippen molar-refractivity contribution in [1.82, 2.24) is 9.80 Å². The second-order valence-corrected chi connectivity index (χ2v) is 7.69. The number of para-hydroxylation sites is 1. The third-order valence-electron chi connectivity index (χ3n) is 4.70. The summed E-state index contributed by atoms with van der Waals surface area (Å²) >= 11 is 1.53. The first kappa shape index (κ1) is 23.5. The van der Waals surface area contributed by atoms with Crippen LogP contribution >= 0.6 is 24.2 Å². The van der Waals surface area contributed by atoms with E-state index in [4.69, 9.17) is 15.6 Å². The number of aliphatic hydroxyl groups excluding tert-OH is 1. The summed E-state index contributed by atoms with van der Waals surface area (Å²) in [5.41, 5.74) is 7.50. The van der Waals surface area contributed by atoms with E-state index in [0.717, 1.165) is 35.0 Å². The Hall–Kier alpha value is -1.77. The number of hydrogen-bond acceptors (Lipinski definition) is 6. The molecule has 8 heteroatoms. The number of carbonyl (C=O) groups is 1. The van der Waals surface area contributed by atoms with Gasteiger partial charge in [-0.15, -0.1) is 12.4 Å². The fourth-order valence-corrected chi connectivity index (χ4v) is 4.11. The smallest absolute Gasteiger partial charge is 0.255 e. The molecule has 0 unspecified atom stereocenters. The van der Waals surface area contributed by atoms with Gasteiger partial charge in [0.1, 0.15) is 0 Å². The number of piperazine rings is 1. The van der Waals surface area contributed by atoms with Crippen LogP contribution in [0.15, 0.2) is 58.3 Å². The van der Waals surface area contributed by atoms with Crippen molar-refractivity contribution in [3.63, 3.8) is 0 Å². The predicted molar refractivity (Wildman–Crippen MR) is 119 cm³/mol. The van der Waals surface area contributed by atoms with Crippen molar-refractivity contribution in [2.45, 2.75) is 9.79 Å². The lowest BCUT2D eigenvalue weighted by Crippen LogP contribution is -2.49. The highest BCUT2D eigenvalue weighted by atomic mass is 35.5. The van der Waals surface area contributed by atoms with Crippen LogP contribution in [-0.2, 0) is 4.74 Å². The molecule has 0 saturated carbocycles. The number of hydrogen-bond donors (Lipinski definition) is 2. The molecule has 0 atom stereocenters. The maximum absolute atomic E-state index is 13.1. The molecule has 3 N–H and O–H groups in total. The van der Waals surface area contributed by atoms with E-state index in [-0.39, 0.29) is 24.9 Å². The van der Waals surface area contributed by atoms with Crippen molar-refractivity contribution in [3.8, 4) is 0 Å². The van der Waals surface area contributed by atoms with Crippen molar-refractivity contribution in [3.05, 3.63) is 54.1 Å². The number of rotatable bonds is 8. The number of nitrogen functional groups attached to an aromatic ring is 1. The van der Waals surface area contributed by atoms with Gasteiger partial charge in [-0.1, -0.05) is 36.0 Å². The molecule has 0 bridgehead atoms. The summed E-state index contributed by atoms with van der Waals surface area (Å²) in [5.74, 6) is 0.0637. The summed E-state index contributed by atoms with van der Waals surface area (Å²) in [5, 5.41) is 8.75. The number of benzene rings is 2. The molecule has 0 aliphatic carbocycles. The van der Waals surface area contributed by atoms with Crippen LogP contribution in [0.4, 0.5) is 5.69 Å². The first-order chi connectivity index (χ1) is 13.7. The summed E-state index contributed by atoms with van der Waals surface area (Å²) in [6.45, 7) is 4.91. The fourth-order valence-electron chi connectivity index (χ4n) is 3.13. The molecule has 29 heavy (non-hydrogen) atoms. The Labute approximate surface area is 182 Å². The molecule has 1 heterocycles. The Kier molecular flexibility index (Phi) is 9.76. The lowest BCUT2D eigenvalue weighted by molar-refractivity contribution is 0.0484. The lowest BCUT2D eigenvalue weighted by Gasteiger charge is -2.35. The Morgan fingerprint density at radius 1 is 1.00 bits per heavy atom. The van der Waals surface area contributed by atoms with Crippen LogP contribution in [0.2, 0.25) is 0 Å². The molecule has 0 spiro atoms. The van der Waals surface area contributed by atoms with E-state index in [1.54, 1.807) is 0 Å². The Bertz CT molecular complexity index is 785. The molecular weight excluding hydrogens is 410 g/mol. The molecule has 3 rings (SSSR count). The van der Waals surface area contributed by atoms with Gasteiger partial charge in [-0.3, -0.25) is 9.69 Å². The second kappa shape index (κ2) is 12.0. The zero-order chi connectivity index (χ0) is 19.8. The molecule has 158 valence electrons. The van der Waals surface area contributed by atoms with E-state index in [1.165, 1.54) is 11.8 Å². The molecule has 0 radical (unpaired) electrons. The largest absolute Gasteiger partial charge is 0.398 e. The van der Waals surface area contributed by atoms with Crippen molar-refractivity contribution in [1.29, 1.82) is 0 Å². The number of nitrogens with zero attached hydrogens (tertiary/aromatic N) is 2. The van der Waals surface area contributed by atoms with Crippen LogP contribution in [0.25, 0.3) is 0 Å². The van der Waals surface area contributed by atoms with Crippen LogP contribution in [0.3, 0.4) is 0 Å². The van der Waals surface area contributed by atoms with Gasteiger partial charge in [0.05, 0.1) is 25.4 Å². The van der Waals surface area contributed by atoms with Gasteiger partial charge in [-0.05, 0) is 24.3 Å². The standard InChI is InChI=1S/C21H27N3O3S.ClH/c22-18-6-2-4-8-20(18)28-19-7-3-1-5-17(19)21(26)24-11-9-23(10-12-24)13-15-27-16-14-25;/h1-8,25H,9-16,22H2;1H. The van der Waals surface area contributed by atoms with Gasteiger partial charge in [0.2, 0.25) is 0 Å². The van der Waals surface area contributed by atoms with Gasteiger partial charge >= 0.3 is 0 Å². The van der Waals surface area contributed by atoms with Gasteiger partial charge in [-0.25, -0.2) is 0 Å². The number of halogens is 1. The predicted octanol–water partition coefficient (Wildman–Crippen LogP) is 2.61. The molecule has 2 aromatic rings. The van der Waals surface area contributed by atoms with Crippen LogP contribution in [0.1, 0.15) is 10.4 Å². The highest BCUT2D eigenvalue weighted by Gasteiger charge is 2.24. The van der Waals surface area contributed by atoms with Gasteiger partial charge in [0.25, 0.3) is 5.91 Å². The van der Waals surface area contributed by atoms with Gasteiger partial charge < -0.3 is 20.5 Å². The van der Waals surface area contributed by atoms with E-state index in [9.17, 15) is 4.79 Å². The normalized spacial score (nSPS) is 14.4. The van der Waals surface area contributed by atoms with Crippen LogP contribution in [-0.4, -0.2) is 73.4 Å². The van der Waals surface area contributed by atoms with Gasteiger partial charge in [-0.2, -0.15) is 0 Å². The lowest BCUT2D eigenvalue weighted by atomic mass is 10.2. The number of amides is 1. The molecule has 1 fully saturated rings. The minimum Gasteiger partial charge on any atom is -0.398 e. The molecule has 1 amide bonds. The second-order valence-electron chi connectivity index (χ2n) is 6.61. The summed E-state index contributed by atoms with van der Waals surface area (Å²) in [4.78, 5) is 19.2. The third kappa shape index (κ3) is 6.62. The Morgan fingerprint density at radius 3 is 2.34 bits per heavy atom. The number of nitrogens with two attached hydrogens (primary N) is 1. The minimum atomic E-state index is 0. The zero-order valence-electron chi connectivity index (χ0n) is 16.3. The average molecular weight is 438 g/mol. The molecule has 1 saturated heterocycles. The number of aliphatic hydroxyl groups is 1. The summed E-state index contributed by atoms with van der Waals surface area (Å²) < 4.78 is 5.33. The van der Waals surface area contributed by atoms with E-state index in [1.807, 2.05) is 53.4 Å². The van der Waals surface area contributed by atoms with Crippen LogP contribution in [0, 0.1) is 0 Å². The van der Waals surface area contributed by atoms with Crippen molar-refractivity contribution in [2.75, 3.05) is 58.3 Å². The molecule has 2 aromatic carbocycles. The maximum atomic E-state index is 13.1. The van der Waals surface area contributed by atoms with Crippen molar-refractivity contribution in [2.24, 2.45) is 0 Å². The minimum absolute atomic E-state index is 0. The summed E-state index contributed by atoms with van der Waals surface area (Å²) in [7, 11) is 0. The van der Waals surface area contributed by atoms with Crippen LogP contribution in [0.5, 0.6) is 0 Å². The highest BCUT2D eigenvalue weighted by molar-refractivity contribution is 7.99. The Morgan fingerprint density at radius 2 is 1.66 bits per heavy atom. The monoisotopic (exact) mass is 437 g/mol. The maximum Gasteiger partial charge on any atom is 0.255 e. The SMILES string of the molecule is Cl.Nc1ccccc1Sc1ccccc1C(=O)N1CCN(CCOCCO)CC1. The van der Waals surface area contributed by atoms with Gasteiger partial charge in [0.15, 0.2) is 0 Å². The van der Waals surface area contributed by atoms with Gasteiger partial charge in [0, 0.05) is 48.2 Å².